The second-order valence-electron chi connectivity index (χ2n) is 24.8. The first-order chi connectivity index (χ1) is 48.7. The van der Waals surface area contributed by atoms with Crippen molar-refractivity contribution in [1.29, 1.82) is 0 Å². The molecule has 37 heteroatoms. The number of carbonyl (C=O) groups is 17. The normalized spacial score (nSPS) is 15.0. The third kappa shape index (κ3) is 29.3. The van der Waals surface area contributed by atoms with Crippen molar-refractivity contribution in [2.75, 3.05) is 19.6 Å². The molecule has 10 atom stereocenters. The first-order valence-corrected chi connectivity index (χ1v) is 33.0. The molecule has 0 unspecified atom stereocenters. The van der Waals surface area contributed by atoms with Gasteiger partial charge in [-0.15, -0.1) is 0 Å². The van der Waals surface area contributed by atoms with Gasteiger partial charge in [-0.1, -0.05) is 51.1 Å². The SMILES string of the molecule is CCCN(C[C]=O)C(=O)[C@H](Cc1ccc(O)cc1)NC(=O)[C@H](C)NC(=O)[C@H](CCC(=O)O)NC(=O)[C@H](CCC(=O)O)NC(=O)[C@H](CCC(=O)O)NC(=O)[C@H](CCC(=O)O)NC(=O)[C@H](CCC(=O)O)NC(=O)[C@H](CC(C)C)NC(=O)[C@H](Cc1c[nH]c2ccccc12)NC(=O)CNC(=O)[C@@H]1CCC(=O)N1. The molecule has 4 rings (SSSR count). The highest BCUT2D eigenvalue weighted by atomic mass is 16.4. The molecule has 1 aliphatic heterocycles. The van der Waals surface area contributed by atoms with Crippen LogP contribution >= 0.6 is 0 Å². The smallest absolute Gasteiger partial charge is 0.303 e. The number of hydrogen-bond donors (Lipinski definition) is 18. The Hall–Kier alpha value is -11.6. The van der Waals surface area contributed by atoms with E-state index in [0.29, 0.717) is 28.5 Å². The van der Waals surface area contributed by atoms with Crippen molar-refractivity contribution in [3.63, 3.8) is 0 Å². The number of carboxylic acids is 5. The Morgan fingerprint density at radius 2 is 0.961 bits per heavy atom. The number of fused-ring (bicyclic) bond motifs is 1. The Labute approximate surface area is 589 Å². The summed E-state index contributed by atoms with van der Waals surface area (Å²) in [5, 5.41) is 84.9. The van der Waals surface area contributed by atoms with Crippen LogP contribution in [-0.4, -0.2) is 228 Å². The molecule has 2 aromatic carbocycles. The number of hydrogen-bond acceptors (Lipinski definition) is 19. The standard InChI is InChI=1S/C66H88N13O24/c1-5-26-79(27-28-80)66(103)49(30-36-10-12-38(81)13-11-36)78-57(94)35(4)69-59(96)42(15-21-52(84)85)72-60(97)43(16-22-53(86)87)73-61(98)44(17-23-54(88)89)74-62(99)45(18-24-55(90)91)75-63(100)46(19-25-56(92)93)76-64(101)47(29-34(2)3)77-65(102)48(31-37-32-67-40-9-7-6-8-39(37)40)71-51(83)33-68-58(95)41-14-20-50(82)70-41/h6-13,32,34-35,41-49,67,81H,5,14-27,29-31,33H2,1-4H3,(H,68,95)(H,69,96)(H,70,82)(H,71,83)(H,72,97)(H,73,98)(H,74,99)(H,75,100)(H,76,101)(H,77,102)(H,78,94)(H,84,85)(H,86,87)(H,88,89)(H,90,91)(H,92,93)/t35-,41-,42-,43-,44-,45-,46-,47-,48-,49-/m0/s1. The van der Waals surface area contributed by atoms with Gasteiger partial charge in [0.2, 0.25) is 77.2 Å². The summed E-state index contributed by atoms with van der Waals surface area (Å²) in [7, 11) is 0. The second-order valence-corrected chi connectivity index (χ2v) is 24.8. The van der Waals surface area contributed by atoms with Crippen LogP contribution < -0.4 is 58.5 Å². The number of benzene rings is 2. The zero-order chi connectivity index (χ0) is 76.6. The number of aromatic hydroxyl groups is 1. The minimum atomic E-state index is -2.05. The summed E-state index contributed by atoms with van der Waals surface area (Å²) >= 11 is 0. The molecule has 1 aliphatic rings. The minimum absolute atomic E-state index is 0.0758. The maximum absolute atomic E-state index is 14.4. The molecule has 0 saturated carbocycles. The first kappa shape index (κ1) is 83.9. The lowest BCUT2D eigenvalue weighted by Gasteiger charge is -2.28. The Morgan fingerprint density at radius 3 is 1.39 bits per heavy atom. The predicted octanol–water partition coefficient (Wildman–Crippen LogP) is -2.85. The van der Waals surface area contributed by atoms with Gasteiger partial charge < -0.3 is 99.0 Å². The summed E-state index contributed by atoms with van der Waals surface area (Å²) in [6, 6.07) is -4.24. The van der Waals surface area contributed by atoms with Crippen molar-refractivity contribution < 1.29 is 117 Å². The van der Waals surface area contributed by atoms with E-state index < -0.39 is 238 Å². The summed E-state index contributed by atoms with van der Waals surface area (Å²) in [5.41, 5.74) is 1.64. The van der Waals surface area contributed by atoms with Crippen molar-refractivity contribution in [3.8, 4) is 5.75 Å². The summed E-state index contributed by atoms with van der Waals surface area (Å²) in [6.07, 6.45) is -4.93. The molecule has 103 heavy (non-hydrogen) atoms. The van der Waals surface area contributed by atoms with E-state index in [-0.39, 0.29) is 50.3 Å². The van der Waals surface area contributed by atoms with E-state index in [1.54, 1.807) is 57.5 Å². The molecule has 18 N–H and O–H groups in total. The van der Waals surface area contributed by atoms with Crippen LogP contribution in [0.5, 0.6) is 5.75 Å². The Bertz CT molecular complexity index is 3580. The van der Waals surface area contributed by atoms with Crippen LogP contribution in [0.4, 0.5) is 0 Å². The Kier molecular flexibility index (Phi) is 34.1. The van der Waals surface area contributed by atoms with Crippen LogP contribution in [0.15, 0.2) is 54.7 Å². The molecule has 12 amide bonds. The lowest BCUT2D eigenvalue weighted by molar-refractivity contribution is -0.141. The monoisotopic (exact) mass is 1450 g/mol. The molecule has 561 valence electrons. The molecule has 0 spiro atoms. The van der Waals surface area contributed by atoms with Gasteiger partial charge in [-0.25, -0.2) is 0 Å². The number of phenols is 1. The molecule has 1 fully saturated rings. The number of aromatic amines is 1. The van der Waals surface area contributed by atoms with Crippen molar-refractivity contribution in [3.05, 3.63) is 65.9 Å². The number of H-pyrrole nitrogens is 1. The number of phenolic OH excluding ortho intramolecular Hbond substituents is 1. The maximum atomic E-state index is 14.4. The topological polar surface area (TPSA) is 580 Å². The van der Waals surface area contributed by atoms with E-state index in [1.807, 2.05) is 0 Å². The predicted molar refractivity (Wildman–Crippen MR) is 357 cm³/mol. The third-order valence-electron chi connectivity index (χ3n) is 16.0. The fourth-order valence-electron chi connectivity index (χ4n) is 10.7. The van der Waals surface area contributed by atoms with Gasteiger partial charge in [0.1, 0.15) is 66.2 Å². The molecule has 0 aliphatic carbocycles. The first-order valence-electron chi connectivity index (χ1n) is 33.0. The molecule has 37 nitrogen and oxygen atoms in total. The van der Waals surface area contributed by atoms with Crippen LogP contribution in [-0.2, 0) is 99.1 Å². The van der Waals surface area contributed by atoms with E-state index in [9.17, 15) is 117 Å². The number of rotatable bonds is 46. The summed E-state index contributed by atoms with van der Waals surface area (Å²) < 4.78 is 0. The van der Waals surface area contributed by atoms with Crippen LogP contribution in [0.25, 0.3) is 10.9 Å². The van der Waals surface area contributed by atoms with Gasteiger partial charge in [0, 0.05) is 75.0 Å². The average Bonchev–Trinajstić information content (AvgIpc) is 1.72. The van der Waals surface area contributed by atoms with E-state index >= 15 is 0 Å². The molecule has 1 radical (unpaired) electrons. The quantitative estimate of drug-likeness (QED) is 0.0271. The summed E-state index contributed by atoms with van der Waals surface area (Å²) in [6.45, 7) is 5.15. The number of nitrogens with one attached hydrogen (secondary N) is 12. The Balaban J connectivity index is 1.59. The number of para-hydroxylation sites is 1. The molecule has 3 aromatic rings. The van der Waals surface area contributed by atoms with Crippen LogP contribution in [0.3, 0.4) is 0 Å². The third-order valence-corrected chi connectivity index (χ3v) is 16.0. The van der Waals surface area contributed by atoms with E-state index in [4.69, 9.17) is 0 Å². The van der Waals surface area contributed by atoms with E-state index in [0.717, 1.165) is 11.8 Å². The Morgan fingerprint density at radius 1 is 0.534 bits per heavy atom. The van der Waals surface area contributed by atoms with Gasteiger partial charge in [-0.2, -0.15) is 0 Å². The van der Waals surface area contributed by atoms with Gasteiger partial charge in [-0.05, 0) is 93.5 Å². The van der Waals surface area contributed by atoms with Crippen LogP contribution in [0.2, 0.25) is 0 Å². The molecule has 1 aromatic heterocycles. The van der Waals surface area contributed by atoms with Gasteiger partial charge in [0.05, 0.1) is 13.1 Å². The van der Waals surface area contributed by atoms with E-state index in [2.05, 4.69) is 63.5 Å². The van der Waals surface area contributed by atoms with Gasteiger partial charge >= 0.3 is 29.8 Å². The summed E-state index contributed by atoms with van der Waals surface area (Å²) in [4.78, 5) is 240. The lowest BCUT2D eigenvalue weighted by Crippen LogP contribution is -2.60. The zero-order valence-corrected chi connectivity index (χ0v) is 57.0. The molecule has 1 saturated heterocycles. The number of amides is 12. The molecular weight excluding hydrogens is 1360 g/mol. The number of carboxylic acid groups (broad SMARTS) is 5. The number of aliphatic carboxylic acids is 5. The highest BCUT2D eigenvalue weighted by molar-refractivity contribution is 6.00. The fourth-order valence-corrected chi connectivity index (χ4v) is 10.7. The van der Waals surface area contributed by atoms with Crippen molar-refractivity contribution in [2.45, 2.75) is 191 Å². The van der Waals surface area contributed by atoms with Gasteiger partial charge in [0.25, 0.3) is 0 Å². The number of aromatic nitrogens is 1. The highest BCUT2D eigenvalue weighted by Crippen LogP contribution is 2.21. The van der Waals surface area contributed by atoms with Crippen molar-refractivity contribution in [2.24, 2.45) is 5.92 Å². The van der Waals surface area contributed by atoms with Crippen LogP contribution in [0.1, 0.15) is 129 Å². The largest absolute Gasteiger partial charge is 0.508 e. The second kappa shape index (κ2) is 41.9. The molecular formula is C66H88N13O24. The minimum Gasteiger partial charge on any atom is -0.508 e. The van der Waals surface area contributed by atoms with Crippen molar-refractivity contribution in [1.82, 2.24) is 68.4 Å². The fraction of sp³-hybridized carbons (Fsp3) is 0.515. The van der Waals surface area contributed by atoms with Gasteiger partial charge in [0.15, 0.2) is 0 Å². The van der Waals surface area contributed by atoms with Crippen LogP contribution in [0, 0.1) is 5.92 Å². The maximum Gasteiger partial charge on any atom is 0.303 e. The molecule has 2 heterocycles. The van der Waals surface area contributed by atoms with Gasteiger partial charge in [-0.3, -0.25) is 86.3 Å². The highest BCUT2D eigenvalue weighted by Gasteiger charge is 2.37. The summed E-state index contributed by atoms with van der Waals surface area (Å²) in [5.74, 6) is -20.6. The van der Waals surface area contributed by atoms with Crippen molar-refractivity contribution >= 4 is 118 Å². The number of nitrogens with zero attached hydrogens (tertiary/aromatic N) is 1. The zero-order valence-electron chi connectivity index (χ0n) is 57.0. The average molecular weight is 1450 g/mol. The molecule has 0 bridgehead atoms. The lowest BCUT2D eigenvalue weighted by atomic mass is 10.00. The number of carbonyl (C=O) groups excluding carboxylic acids is 13. The van der Waals surface area contributed by atoms with E-state index in [1.165, 1.54) is 24.3 Å².